The molecule has 49 valence electrons. The normalized spacial score (nSPS) is 11.8. The molecule has 0 saturated heterocycles. The number of hydrogen-bond donors (Lipinski definition) is 2. The minimum Gasteiger partial charge on any atom is -0.314 e. The van der Waals surface area contributed by atoms with E-state index >= 15 is 0 Å². The maximum absolute atomic E-state index is 10.1. The number of nitrogens with one attached hydrogen (secondary N) is 1. The van der Waals surface area contributed by atoms with Gasteiger partial charge in [0.15, 0.2) is 0 Å². The largest absolute Gasteiger partial charge is 0.314 e. The van der Waals surface area contributed by atoms with E-state index in [4.69, 9.17) is 0 Å². The molecule has 8 heavy (non-hydrogen) atoms. The molecule has 3 N–H and O–H groups in total. The minimum atomic E-state index is -3.29. The highest BCUT2D eigenvalue weighted by atomic mass is 32.2. The van der Waals surface area contributed by atoms with Crippen molar-refractivity contribution in [1.82, 2.24) is 5.32 Å². The van der Waals surface area contributed by atoms with Crippen LogP contribution < -0.4 is 10.5 Å². The van der Waals surface area contributed by atoms with Crippen LogP contribution in [0.25, 0.3) is 0 Å². The van der Waals surface area contributed by atoms with Crippen molar-refractivity contribution < 1.29 is 8.42 Å². The van der Waals surface area contributed by atoms with Crippen molar-refractivity contribution in [2.24, 2.45) is 5.14 Å². The van der Waals surface area contributed by atoms with E-state index in [1.807, 2.05) is 0 Å². The van der Waals surface area contributed by atoms with Crippen LogP contribution in [-0.4, -0.2) is 20.7 Å². The van der Waals surface area contributed by atoms with E-state index in [9.17, 15) is 8.42 Å². The van der Waals surface area contributed by atoms with Crippen molar-refractivity contribution in [3.63, 3.8) is 0 Å². The number of nitrogens with two attached hydrogens (primary N) is 1. The standard InChI is InChI=1S/C3H9N2O2S/c1-5-2-3-8(4,6)7/h5H,1-3H2,(H2,4,6,7). The maximum atomic E-state index is 10.1. The molecular formula is C3H9N2O2S. The summed E-state index contributed by atoms with van der Waals surface area (Å²) in [7, 11) is -0.0700. The van der Waals surface area contributed by atoms with Crippen molar-refractivity contribution >= 4 is 10.0 Å². The lowest BCUT2D eigenvalue weighted by Gasteiger charge is -1.93. The number of sulfonamides is 1. The Bertz CT molecular complexity index is 139. The van der Waals surface area contributed by atoms with Crippen molar-refractivity contribution in [1.29, 1.82) is 0 Å². The van der Waals surface area contributed by atoms with E-state index in [1.165, 1.54) is 0 Å². The van der Waals surface area contributed by atoms with Crippen LogP contribution in [0.3, 0.4) is 0 Å². The van der Waals surface area contributed by atoms with Gasteiger partial charge < -0.3 is 5.32 Å². The van der Waals surface area contributed by atoms with Gasteiger partial charge in [0.25, 0.3) is 0 Å². The molecule has 4 nitrogen and oxygen atoms in total. The van der Waals surface area contributed by atoms with Crippen LogP contribution in [0.1, 0.15) is 0 Å². The third-order valence-electron chi connectivity index (χ3n) is 0.563. The van der Waals surface area contributed by atoms with Crippen LogP contribution in [-0.2, 0) is 10.0 Å². The van der Waals surface area contributed by atoms with Gasteiger partial charge in [-0.15, -0.1) is 0 Å². The highest BCUT2D eigenvalue weighted by Gasteiger charge is 1.97. The molecule has 0 amide bonds. The van der Waals surface area contributed by atoms with E-state index in [0.29, 0.717) is 6.54 Å². The monoisotopic (exact) mass is 137 g/mol. The molecule has 0 unspecified atom stereocenters. The average molecular weight is 137 g/mol. The predicted octanol–water partition coefficient (Wildman–Crippen LogP) is -1.34. The van der Waals surface area contributed by atoms with Crippen LogP contribution >= 0.6 is 0 Å². The van der Waals surface area contributed by atoms with Crippen LogP contribution in [0, 0.1) is 7.05 Å². The summed E-state index contributed by atoms with van der Waals surface area (Å²) in [6, 6.07) is 0. The molecule has 0 aliphatic rings. The second kappa shape index (κ2) is 3.01. The quantitative estimate of drug-likeness (QED) is 0.505. The van der Waals surface area contributed by atoms with Crippen LogP contribution in [0.4, 0.5) is 0 Å². The van der Waals surface area contributed by atoms with Crippen molar-refractivity contribution in [2.75, 3.05) is 12.3 Å². The second-order valence-electron chi connectivity index (χ2n) is 1.37. The van der Waals surface area contributed by atoms with E-state index in [1.54, 1.807) is 0 Å². The molecule has 0 aliphatic carbocycles. The van der Waals surface area contributed by atoms with Gasteiger partial charge in [-0.2, -0.15) is 0 Å². The molecule has 0 rings (SSSR count). The van der Waals surface area contributed by atoms with Gasteiger partial charge in [0.2, 0.25) is 10.0 Å². The SMILES string of the molecule is [CH2]NCCS(N)(=O)=O. The molecule has 0 fully saturated rings. The van der Waals surface area contributed by atoms with E-state index in [0.717, 1.165) is 0 Å². The predicted molar refractivity (Wildman–Crippen MR) is 31.3 cm³/mol. The van der Waals surface area contributed by atoms with Crippen molar-refractivity contribution in [3.05, 3.63) is 7.05 Å². The van der Waals surface area contributed by atoms with Crippen molar-refractivity contribution in [3.8, 4) is 0 Å². The Hall–Kier alpha value is -0.130. The molecule has 0 aromatic carbocycles. The Morgan fingerprint density at radius 3 is 2.25 bits per heavy atom. The Labute approximate surface area is 49.1 Å². The number of hydrogen-bond acceptors (Lipinski definition) is 3. The summed E-state index contributed by atoms with van der Waals surface area (Å²) >= 11 is 0. The Balaban J connectivity index is 3.42. The molecule has 0 aromatic rings. The van der Waals surface area contributed by atoms with Gasteiger partial charge in [-0.3, -0.25) is 0 Å². The zero-order valence-electron chi connectivity index (χ0n) is 4.42. The Morgan fingerprint density at radius 1 is 1.62 bits per heavy atom. The number of rotatable bonds is 3. The average Bonchev–Trinajstić information content (AvgIpc) is 1.59. The molecular weight excluding hydrogens is 128 g/mol. The Morgan fingerprint density at radius 2 is 2.12 bits per heavy atom. The fourth-order valence-electron chi connectivity index (χ4n) is 0.214. The summed E-state index contributed by atoms with van der Waals surface area (Å²) < 4.78 is 20.2. The lowest BCUT2D eigenvalue weighted by atomic mass is 10.8. The topological polar surface area (TPSA) is 72.2 Å². The first-order valence-electron chi connectivity index (χ1n) is 2.06. The summed E-state index contributed by atoms with van der Waals surface area (Å²) in [4.78, 5) is 0. The summed E-state index contributed by atoms with van der Waals surface area (Å²) in [5.74, 6) is -0.0590. The molecule has 0 aliphatic heterocycles. The van der Waals surface area contributed by atoms with Gasteiger partial charge >= 0.3 is 0 Å². The molecule has 0 spiro atoms. The van der Waals surface area contributed by atoms with Gasteiger partial charge in [0.05, 0.1) is 5.75 Å². The van der Waals surface area contributed by atoms with Gasteiger partial charge in [0.1, 0.15) is 0 Å². The summed E-state index contributed by atoms with van der Waals surface area (Å²) in [6.45, 7) is 0.304. The smallest absolute Gasteiger partial charge is 0.210 e. The van der Waals surface area contributed by atoms with Gasteiger partial charge in [0, 0.05) is 13.6 Å². The van der Waals surface area contributed by atoms with Gasteiger partial charge in [-0.1, -0.05) is 0 Å². The first kappa shape index (κ1) is 7.87. The van der Waals surface area contributed by atoms with Gasteiger partial charge in [-0.05, 0) is 0 Å². The van der Waals surface area contributed by atoms with Gasteiger partial charge in [-0.25, -0.2) is 13.6 Å². The first-order valence-corrected chi connectivity index (χ1v) is 3.78. The lowest BCUT2D eigenvalue weighted by Crippen LogP contribution is -2.23. The molecule has 5 heteroatoms. The highest BCUT2D eigenvalue weighted by molar-refractivity contribution is 7.89. The maximum Gasteiger partial charge on any atom is 0.210 e. The van der Waals surface area contributed by atoms with E-state index in [2.05, 4.69) is 17.5 Å². The van der Waals surface area contributed by atoms with Crippen LogP contribution in [0.15, 0.2) is 0 Å². The van der Waals surface area contributed by atoms with E-state index in [-0.39, 0.29) is 5.75 Å². The Kier molecular flexibility index (Phi) is 2.96. The zero-order valence-corrected chi connectivity index (χ0v) is 5.24. The lowest BCUT2D eigenvalue weighted by molar-refractivity contribution is 0.596. The van der Waals surface area contributed by atoms with Crippen LogP contribution in [0.2, 0.25) is 0 Å². The summed E-state index contributed by atoms with van der Waals surface area (Å²) in [5.41, 5.74) is 0. The molecule has 0 saturated carbocycles. The van der Waals surface area contributed by atoms with E-state index < -0.39 is 10.0 Å². The number of primary sulfonamides is 1. The third kappa shape index (κ3) is 5.87. The molecule has 0 atom stereocenters. The zero-order chi connectivity index (χ0) is 6.62. The fourth-order valence-corrected chi connectivity index (χ4v) is 0.643. The molecule has 1 radical (unpaired) electrons. The molecule has 0 aromatic heterocycles. The second-order valence-corrected chi connectivity index (χ2v) is 3.10. The minimum absolute atomic E-state index is 0.0590. The third-order valence-corrected chi connectivity index (χ3v) is 1.34. The highest BCUT2D eigenvalue weighted by Crippen LogP contribution is 1.71. The van der Waals surface area contributed by atoms with Crippen LogP contribution in [0.5, 0.6) is 0 Å². The summed E-state index contributed by atoms with van der Waals surface area (Å²) in [5, 5.41) is 7.04. The molecule has 0 heterocycles. The first-order chi connectivity index (χ1) is 3.56. The van der Waals surface area contributed by atoms with Crippen molar-refractivity contribution in [2.45, 2.75) is 0 Å². The summed E-state index contributed by atoms with van der Waals surface area (Å²) in [6.07, 6.45) is 0. The molecule has 0 bridgehead atoms. The fraction of sp³-hybridized carbons (Fsp3) is 0.667.